The van der Waals surface area contributed by atoms with Crippen LogP contribution in [0, 0.1) is 0 Å². The van der Waals surface area contributed by atoms with Gasteiger partial charge in [0.15, 0.2) is 5.76 Å². The predicted molar refractivity (Wildman–Crippen MR) is 35.1 cm³/mol. The van der Waals surface area contributed by atoms with Gasteiger partial charge >= 0.3 is 0 Å². The number of hydrogen-bond donors (Lipinski definition) is 2. The van der Waals surface area contributed by atoms with E-state index in [1.165, 1.54) is 12.3 Å². The highest BCUT2D eigenvalue weighted by molar-refractivity contribution is 5.04. The Morgan fingerprint density at radius 1 is 1.60 bits per heavy atom. The Bertz CT molecular complexity index is 189. The average Bonchev–Trinajstić information content (AvgIpc) is 2.38. The van der Waals surface area contributed by atoms with E-state index in [4.69, 9.17) is 14.6 Å². The predicted octanol–water partition coefficient (Wildman–Crippen LogP) is 0.827. The van der Waals surface area contributed by atoms with Gasteiger partial charge < -0.3 is 14.6 Å². The van der Waals surface area contributed by atoms with Crippen molar-refractivity contribution in [2.24, 2.45) is 0 Å². The van der Waals surface area contributed by atoms with Gasteiger partial charge in [-0.2, -0.15) is 0 Å². The second-order valence-electron chi connectivity index (χ2n) is 2.15. The standard InChI is InChI=1S/C7H10O3/c1-2-7(8,9)6-4-3-5-10-6/h3-5,8-9H,2H2,1H3. The lowest BCUT2D eigenvalue weighted by atomic mass is 10.1. The first-order valence-corrected chi connectivity index (χ1v) is 3.15. The molecular weight excluding hydrogens is 132 g/mol. The molecule has 0 aliphatic rings. The van der Waals surface area contributed by atoms with Crippen molar-refractivity contribution in [2.75, 3.05) is 0 Å². The van der Waals surface area contributed by atoms with Gasteiger partial charge in [-0.15, -0.1) is 0 Å². The monoisotopic (exact) mass is 142 g/mol. The first-order valence-electron chi connectivity index (χ1n) is 3.15. The zero-order chi connectivity index (χ0) is 7.61. The van der Waals surface area contributed by atoms with Crippen molar-refractivity contribution in [3.05, 3.63) is 24.2 Å². The van der Waals surface area contributed by atoms with Crippen LogP contribution in [0.2, 0.25) is 0 Å². The van der Waals surface area contributed by atoms with E-state index in [9.17, 15) is 0 Å². The minimum atomic E-state index is -1.80. The van der Waals surface area contributed by atoms with E-state index in [1.54, 1.807) is 13.0 Å². The smallest absolute Gasteiger partial charge is 0.223 e. The van der Waals surface area contributed by atoms with E-state index in [2.05, 4.69) is 0 Å². The molecule has 3 nitrogen and oxygen atoms in total. The molecule has 2 N–H and O–H groups in total. The van der Waals surface area contributed by atoms with E-state index in [1.807, 2.05) is 0 Å². The van der Waals surface area contributed by atoms with Gasteiger partial charge in [-0.1, -0.05) is 6.92 Å². The first-order chi connectivity index (χ1) is 4.67. The SMILES string of the molecule is CCC(O)(O)c1ccco1. The van der Waals surface area contributed by atoms with Crippen LogP contribution < -0.4 is 0 Å². The summed E-state index contributed by atoms with van der Waals surface area (Å²) in [5, 5.41) is 18.3. The summed E-state index contributed by atoms with van der Waals surface area (Å²) in [5.41, 5.74) is 0. The Hall–Kier alpha value is -0.800. The highest BCUT2D eigenvalue weighted by atomic mass is 16.5. The van der Waals surface area contributed by atoms with Crippen LogP contribution in [0.3, 0.4) is 0 Å². The minimum Gasteiger partial charge on any atom is -0.464 e. The maximum atomic E-state index is 9.15. The van der Waals surface area contributed by atoms with Crippen LogP contribution in [0.25, 0.3) is 0 Å². The number of aliphatic hydroxyl groups is 2. The van der Waals surface area contributed by atoms with Gasteiger partial charge in [-0.25, -0.2) is 0 Å². The van der Waals surface area contributed by atoms with Gasteiger partial charge in [0.25, 0.3) is 0 Å². The van der Waals surface area contributed by atoms with Crippen molar-refractivity contribution in [3.8, 4) is 0 Å². The van der Waals surface area contributed by atoms with Crippen LogP contribution in [0.1, 0.15) is 19.1 Å². The molecule has 0 atom stereocenters. The molecule has 1 heterocycles. The van der Waals surface area contributed by atoms with Crippen LogP contribution in [0.4, 0.5) is 0 Å². The Morgan fingerprint density at radius 3 is 2.70 bits per heavy atom. The zero-order valence-corrected chi connectivity index (χ0v) is 5.74. The zero-order valence-electron chi connectivity index (χ0n) is 5.74. The van der Waals surface area contributed by atoms with Crippen molar-refractivity contribution in [1.29, 1.82) is 0 Å². The normalized spacial score (nSPS) is 11.9. The largest absolute Gasteiger partial charge is 0.464 e. The van der Waals surface area contributed by atoms with Gasteiger partial charge in [0, 0.05) is 6.42 Å². The van der Waals surface area contributed by atoms with Crippen molar-refractivity contribution in [3.63, 3.8) is 0 Å². The third-order valence-corrected chi connectivity index (χ3v) is 1.41. The fourth-order valence-electron chi connectivity index (χ4n) is 0.681. The fraction of sp³-hybridized carbons (Fsp3) is 0.429. The lowest BCUT2D eigenvalue weighted by molar-refractivity contribution is -0.184. The molecule has 56 valence electrons. The van der Waals surface area contributed by atoms with E-state index in [0.717, 1.165) is 0 Å². The average molecular weight is 142 g/mol. The molecule has 3 heteroatoms. The quantitative estimate of drug-likeness (QED) is 0.601. The van der Waals surface area contributed by atoms with E-state index >= 15 is 0 Å². The molecule has 0 aliphatic carbocycles. The maximum Gasteiger partial charge on any atom is 0.223 e. The third kappa shape index (κ3) is 1.20. The van der Waals surface area contributed by atoms with Crippen molar-refractivity contribution >= 4 is 0 Å². The van der Waals surface area contributed by atoms with Gasteiger partial charge in [0.2, 0.25) is 5.79 Å². The van der Waals surface area contributed by atoms with E-state index < -0.39 is 5.79 Å². The van der Waals surface area contributed by atoms with E-state index in [-0.39, 0.29) is 12.2 Å². The highest BCUT2D eigenvalue weighted by Gasteiger charge is 2.25. The summed E-state index contributed by atoms with van der Waals surface area (Å²) in [4.78, 5) is 0. The van der Waals surface area contributed by atoms with Gasteiger partial charge in [-0.05, 0) is 12.1 Å². The molecular formula is C7H10O3. The van der Waals surface area contributed by atoms with E-state index in [0.29, 0.717) is 0 Å². The molecule has 0 radical (unpaired) electrons. The molecule has 0 saturated heterocycles. The number of furan rings is 1. The second kappa shape index (κ2) is 2.44. The lowest BCUT2D eigenvalue weighted by Crippen LogP contribution is -2.22. The summed E-state index contributed by atoms with van der Waals surface area (Å²) in [6.07, 6.45) is 1.63. The maximum absolute atomic E-state index is 9.15. The molecule has 0 saturated carbocycles. The third-order valence-electron chi connectivity index (χ3n) is 1.41. The molecule has 1 rings (SSSR count). The molecule has 10 heavy (non-hydrogen) atoms. The Morgan fingerprint density at radius 2 is 2.30 bits per heavy atom. The van der Waals surface area contributed by atoms with Gasteiger partial charge in [0.1, 0.15) is 0 Å². The van der Waals surface area contributed by atoms with Crippen LogP contribution >= 0.6 is 0 Å². The van der Waals surface area contributed by atoms with Gasteiger partial charge in [-0.3, -0.25) is 0 Å². The molecule has 0 unspecified atom stereocenters. The summed E-state index contributed by atoms with van der Waals surface area (Å²) >= 11 is 0. The minimum absolute atomic E-state index is 0.190. The van der Waals surface area contributed by atoms with Crippen LogP contribution in [-0.2, 0) is 5.79 Å². The summed E-state index contributed by atoms with van der Waals surface area (Å²) in [6, 6.07) is 3.15. The van der Waals surface area contributed by atoms with Crippen molar-refractivity contribution < 1.29 is 14.6 Å². The molecule has 0 aromatic carbocycles. The van der Waals surface area contributed by atoms with Crippen LogP contribution in [-0.4, -0.2) is 10.2 Å². The van der Waals surface area contributed by atoms with Gasteiger partial charge in [0.05, 0.1) is 6.26 Å². The fourth-order valence-corrected chi connectivity index (χ4v) is 0.681. The Labute approximate surface area is 58.9 Å². The highest BCUT2D eigenvalue weighted by Crippen LogP contribution is 2.20. The van der Waals surface area contributed by atoms with Crippen molar-refractivity contribution in [2.45, 2.75) is 19.1 Å². The molecule has 0 amide bonds. The van der Waals surface area contributed by atoms with Crippen molar-refractivity contribution in [1.82, 2.24) is 0 Å². The molecule has 1 aromatic heterocycles. The Kier molecular flexibility index (Phi) is 1.78. The molecule has 0 fully saturated rings. The summed E-state index contributed by atoms with van der Waals surface area (Å²) in [7, 11) is 0. The lowest BCUT2D eigenvalue weighted by Gasteiger charge is -2.15. The molecule has 0 aliphatic heterocycles. The van der Waals surface area contributed by atoms with Crippen LogP contribution in [0.15, 0.2) is 22.8 Å². The first kappa shape index (κ1) is 7.31. The molecule has 0 bridgehead atoms. The summed E-state index contributed by atoms with van der Waals surface area (Å²) in [5.74, 6) is -1.61. The summed E-state index contributed by atoms with van der Waals surface area (Å²) < 4.78 is 4.79. The topological polar surface area (TPSA) is 53.6 Å². The molecule has 0 spiro atoms. The molecule has 1 aromatic rings. The second-order valence-corrected chi connectivity index (χ2v) is 2.15. The number of hydrogen-bond acceptors (Lipinski definition) is 3. The van der Waals surface area contributed by atoms with Crippen LogP contribution in [0.5, 0.6) is 0 Å². The summed E-state index contributed by atoms with van der Waals surface area (Å²) in [6.45, 7) is 1.67. The number of rotatable bonds is 2. The Balaban J connectivity index is 2.85.